The van der Waals surface area contributed by atoms with E-state index in [9.17, 15) is 23.5 Å². The van der Waals surface area contributed by atoms with Crippen molar-refractivity contribution in [2.24, 2.45) is 11.5 Å². The molecule has 3 atom stereocenters. The van der Waals surface area contributed by atoms with Crippen molar-refractivity contribution in [3.8, 4) is 45.5 Å². The molecule has 6 aromatic rings. The Kier molecular flexibility index (Phi) is 16.3. The number of aryl methyl sites for hydroxylation is 1. The first kappa shape index (κ1) is 54.7. The highest BCUT2D eigenvalue weighted by molar-refractivity contribution is 5.97. The lowest BCUT2D eigenvalue weighted by Gasteiger charge is -2.28. The van der Waals surface area contributed by atoms with Crippen LogP contribution < -0.4 is 35.7 Å². The summed E-state index contributed by atoms with van der Waals surface area (Å²) in [6.45, 7) is 13.0. The van der Waals surface area contributed by atoms with Gasteiger partial charge < -0.3 is 40.8 Å². The van der Waals surface area contributed by atoms with Crippen molar-refractivity contribution in [1.82, 2.24) is 15.3 Å². The van der Waals surface area contributed by atoms with E-state index in [1.165, 1.54) is 18.2 Å². The molecule has 6 N–H and O–H groups in total. The molecule has 3 fully saturated rings. The third-order valence-corrected chi connectivity index (χ3v) is 14.5. The van der Waals surface area contributed by atoms with E-state index < -0.39 is 16.7 Å². The zero-order chi connectivity index (χ0) is 53.9. The molecule has 1 saturated heterocycles. The van der Waals surface area contributed by atoms with E-state index in [4.69, 9.17) is 40.4 Å². The molecule has 1 aliphatic heterocycles. The van der Waals surface area contributed by atoms with Gasteiger partial charge in [0, 0.05) is 52.6 Å². The summed E-state index contributed by atoms with van der Waals surface area (Å²) in [7, 11) is 3.13. The number of ketones is 2. The Labute approximate surface area is 439 Å². The second-order valence-corrected chi connectivity index (χ2v) is 21.8. The molecule has 3 heterocycles. The van der Waals surface area contributed by atoms with Crippen LogP contribution in [-0.2, 0) is 22.1 Å². The van der Waals surface area contributed by atoms with Crippen molar-refractivity contribution >= 4 is 11.6 Å². The van der Waals surface area contributed by atoms with E-state index in [0.29, 0.717) is 68.9 Å². The maximum atomic E-state index is 13.9. The molecule has 2 aromatic heterocycles. The number of carbonyl (C=O) groups excluding carboxylic acids is 2. The first-order valence-corrected chi connectivity index (χ1v) is 25.9. The number of methoxy groups -OCH3 is 2. The Bertz CT molecular complexity index is 3030. The molecule has 0 bridgehead atoms. The maximum absolute atomic E-state index is 13.9. The highest BCUT2D eigenvalue weighted by Gasteiger charge is 2.35. The standard InChI is InChI=1S/C31H35FN2O4.C30H36FN3O3/c1-30(14-15-33-19-30)22-17-25(20-4-7-23(32)8-5-20)34-29(18-22)31(2,36)13-12-26(35)21-6-11-27(28(16-21)37-3)38-24-9-10-24;1-18-14-19(6-10-23(18)31)24-16-21(29(2,3)32)17-28(34-24)30(4,33)13-12-25(35)20-7-11-26(27(15-20)36-5)37-22-8-9-22/h4-8,11,16-18,24,33,36H,9-10,12-15,19H2,1-3H3;6-7,10-11,14-17,22H,8-9,12-13,32-33H2,1-5H3. The lowest BCUT2D eigenvalue weighted by molar-refractivity contribution is 0.0396. The van der Waals surface area contributed by atoms with Crippen LogP contribution in [0.2, 0.25) is 0 Å². The number of nitrogens with two attached hydrogens (primary N) is 2. The number of carbonyl (C=O) groups is 2. The number of nitrogens with zero attached hydrogens (tertiary/aromatic N) is 2. The number of hydrogen-bond donors (Lipinski definition) is 4. The second-order valence-electron chi connectivity index (χ2n) is 21.8. The van der Waals surface area contributed by atoms with Gasteiger partial charge in [-0.1, -0.05) is 6.92 Å². The fraction of sp³-hybridized carbons (Fsp3) is 0.410. The largest absolute Gasteiger partial charge is 0.493 e. The molecule has 3 aliphatic rings. The molecular formula is C61H71F2N5O7. The van der Waals surface area contributed by atoms with E-state index in [0.717, 1.165) is 67.4 Å². The SMILES string of the molecule is COc1cc(C(=O)CCC(C)(N)c2cc(C(C)(C)N)cc(-c3ccc(F)c(C)c3)n2)ccc1OC1CC1.COc1cc(C(=O)CCC(C)(O)c2cc(C3(C)CCNC3)cc(-c3ccc(F)cc3)n2)ccc1OC1CC1. The number of hydrogen-bond acceptors (Lipinski definition) is 12. The molecule has 396 valence electrons. The predicted octanol–water partition coefficient (Wildman–Crippen LogP) is 11.3. The van der Waals surface area contributed by atoms with Crippen LogP contribution in [0, 0.1) is 18.6 Å². The van der Waals surface area contributed by atoms with Crippen LogP contribution in [0.1, 0.15) is 141 Å². The molecule has 14 heteroatoms. The minimum absolute atomic E-state index is 0.0439. The minimum Gasteiger partial charge on any atom is -0.493 e. The summed E-state index contributed by atoms with van der Waals surface area (Å²) in [4.78, 5) is 35.8. The van der Waals surface area contributed by atoms with E-state index in [-0.39, 0.29) is 60.1 Å². The fourth-order valence-electron chi connectivity index (χ4n) is 9.02. The average molecular weight is 1020 g/mol. The highest BCUT2D eigenvalue weighted by atomic mass is 19.1. The first-order chi connectivity index (χ1) is 35.5. The lowest BCUT2D eigenvalue weighted by atomic mass is 9.80. The molecule has 0 radical (unpaired) electrons. The van der Waals surface area contributed by atoms with Gasteiger partial charge in [0.15, 0.2) is 34.6 Å². The Morgan fingerprint density at radius 1 is 0.693 bits per heavy atom. The normalized spacial score (nSPS) is 18.0. The Balaban J connectivity index is 0.000000199. The van der Waals surface area contributed by atoms with Crippen LogP contribution in [-0.4, -0.2) is 66.2 Å². The molecule has 2 saturated carbocycles. The number of rotatable bonds is 20. The van der Waals surface area contributed by atoms with Gasteiger partial charge in [-0.3, -0.25) is 14.6 Å². The molecule has 0 spiro atoms. The molecule has 75 heavy (non-hydrogen) atoms. The van der Waals surface area contributed by atoms with Gasteiger partial charge in [-0.15, -0.1) is 0 Å². The molecule has 4 aromatic carbocycles. The van der Waals surface area contributed by atoms with Gasteiger partial charge in [0.05, 0.1) is 54.7 Å². The van der Waals surface area contributed by atoms with Crippen molar-refractivity contribution in [3.63, 3.8) is 0 Å². The minimum atomic E-state index is -1.35. The molecular weight excluding hydrogens is 953 g/mol. The number of aromatic nitrogens is 2. The van der Waals surface area contributed by atoms with Crippen molar-refractivity contribution < 1.29 is 42.4 Å². The van der Waals surface area contributed by atoms with Crippen LogP contribution in [0.25, 0.3) is 22.5 Å². The van der Waals surface area contributed by atoms with E-state index in [1.54, 1.807) is 88.7 Å². The molecule has 0 amide bonds. The molecule has 12 nitrogen and oxygen atoms in total. The molecule has 2 aliphatic carbocycles. The van der Waals surface area contributed by atoms with E-state index in [2.05, 4.69) is 12.2 Å². The topological polar surface area (TPSA) is 181 Å². The summed E-state index contributed by atoms with van der Waals surface area (Å²) in [5.41, 5.74) is 17.7. The Morgan fingerprint density at radius 3 is 1.76 bits per heavy atom. The number of pyridine rings is 2. The van der Waals surface area contributed by atoms with Crippen LogP contribution >= 0.6 is 0 Å². The van der Waals surface area contributed by atoms with Gasteiger partial charge in [-0.05, 0) is 206 Å². The predicted molar refractivity (Wildman–Crippen MR) is 288 cm³/mol. The average Bonchev–Trinajstić information content (AvgIpc) is 4.35. The number of benzene rings is 4. The monoisotopic (exact) mass is 1020 g/mol. The summed E-state index contributed by atoms with van der Waals surface area (Å²) < 4.78 is 50.1. The van der Waals surface area contributed by atoms with Gasteiger partial charge >= 0.3 is 0 Å². The number of aliphatic hydroxyl groups is 1. The van der Waals surface area contributed by atoms with E-state index in [1.807, 2.05) is 45.0 Å². The van der Waals surface area contributed by atoms with Gasteiger partial charge in [0.2, 0.25) is 0 Å². The molecule has 9 rings (SSSR count). The van der Waals surface area contributed by atoms with Gasteiger partial charge in [-0.2, -0.15) is 0 Å². The lowest BCUT2D eigenvalue weighted by Crippen LogP contribution is -2.36. The smallest absolute Gasteiger partial charge is 0.163 e. The first-order valence-electron chi connectivity index (χ1n) is 25.9. The quantitative estimate of drug-likeness (QED) is 0.0532. The number of ether oxygens (including phenoxy) is 4. The van der Waals surface area contributed by atoms with Crippen molar-refractivity contribution in [2.75, 3.05) is 27.3 Å². The van der Waals surface area contributed by atoms with Crippen molar-refractivity contribution in [1.29, 1.82) is 0 Å². The van der Waals surface area contributed by atoms with Crippen LogP contribution in [0.3, 0.4) is 0 Å². The van der Waals surface area contributed by atoms with E-state index >= 15 is 0 Å². The van der Waals surface area contributed by atoms with Crippen LogP contribution in [0.15, 0.2) is 103 Å². The third-order valence-electron chi connectivity index (χ3n) is 14.5. The van der Waals surface area contributed by atoms with Crippen molar-refractivity contribution in [3.05, 3.63) is 154 Å². The zero-order valence-electron chi connectivity index (χ0n) is 44.4. The third kappa shape index (κ3) is 13.6. The Morgan fingerprint density at radius 2 is 1.24 bits per heavy atom. The second kappa shape index (κ2) is 22.3. The van der Waals surface area contributed by atoms with Gasteiger partial charge in [-0.25, -0.2) is 13.8 Å². The molecule has 3 unspecified atom stereocenters. The summed E-state index contributed by atoms with van der Waals surface area (Å²) in [6, 6.07) is 29.4. The van der Waals surface area contributed by atoms with Crippen LogP contribution in [0.5, 0.6) is 23.0 Å². The summed E-state index contributed by atoms with van der Waals surface area (Å²) in [5, 5.41) is 15.0. The van der Waals surface area contributed by atoms with Gasteiger partial charge in [0.25, 0.3) is 0 Å². The highest BCUT2D eigenvalue weighted by Crippen LogP contribution is 2.39. The van der Waals surface area contributed by atoms with Crippen LogP contribution in [0.4, 0.5) is 8.78 Å². The summed E-state index contributed by atoms with van der Waals surface area (Å²) >= 11 is 0. The summed E-state index contributed by atoms with van der Waals surface area (Å²) in [6.07, 6.45) is 6.50. The van der Waals surface area contributed by atoms with Crippen molar-refractivity contribution in [2.45, 2.75) is 134 Å². The van der Waals surface area contributed by atoms with Gasteiger partial charge in [0.1, 0.15) is 17.2 Å². The Hall–Kier alpha value is -6.58. The number of Topliss-reactive ketones (excluding diaryl/α,β-unsaturated/α-hetero) is 2. The fourth-order valence-corrected chi connectivity index (χ4v) is 9.02. The zero-order valence-corrected chi connectivity index (χ0v) is 44.4. The number of halogens is 2. The maximum Gasteiger partial charge on any atom is 0.163 e. The summed E-state index contributed by atoms with van der Waals surface area (Å²) in [5.74, 6) is 1.65. The number of nitrogens with one attached hydrogen (secondary N) is 1.